The summed E-state index contributed by atoms with van der Waals surface area (Å²) in [5.74, 6) is 0.853. The van der Waals surface area contributed by atoms with E-state index in [0.717, 1.165) is 60.7 Å². The molecular formula is C28H34N4O. The van der Waals surface area contributed by atoms with E-state index in [1.165, 1.54) is 37.8 Å². The molecule has 1 saturated heterocycles. The molecule has 172 valence electrons. The van der Waals surface area contributed by atoms with E-state index < -0.39 is 0 Å². The van der Waals surface area contributed by atoms with Crippen molar-refractivity contribution in [3.63, 3.8) is 0 Å². The molecule has 5 nitrogen and oxygen atoms in total. The molecule has 0 spiro atoms. The Hall–Kier alpha value is -3.08. The van der Waals surface area contributed by atoms with Gasteiger partial charge in [-0.3, -0.25) is 9.89 Å². The molecular weight excluding hydrogens is 408 g/mol. The van der Waals surface area contributed by atoms with E-state index in [0.29, 0.717) is 5.92 Å². The van der Waals surface area contributed by atoms with Crippen molar-refractivity contribution in [2.45, 2.75) is 45.4 Å². The van der Waals surface area contributed by atoms with Crippen LogP contribution in [0, 0.1) is 5.92 Å². The number of aromatic amines is 1. The van der Waals surface area contributed by atoms with E-state index in [1.807, 2.05) is 29.2 Å². The molecule has 1 N–H and O–H groups in total. The molecule has 2 heterocycles. The second kappa shape index (κ2) is 9.82. The van der Waals surface area contributed by atoms with Crippen LogP contribution >= 0.6 is 0 Å². The summed E-state index contributed by atoms with van der Waals surface area (Å²) >= 11 is 0. The lowest BCUT2D eigenvalue weighted by atomic mass is 10.1. The lowest BCUT2D eigenvalue weighted by Gasteiger charge is -2.28. The molecule has 0 atom stereocenters. The number of hydrogen-bond acceptors (Lipinski definition) is 3. The van der Waals surface area contributed by atoms with E-state index in [4.69, 9.17) is 0 Å². The van der Waals surface area contributed by atoms with Gasteiger partial charge in [0.25, 0.3) is 5.91 Å². The second-order valence-corrected chi connectivity index (χ2v) is 9.53. The summed E-state index contributed by atoms with van der Waals surface area (Å²) in [4.78, 5) is 17.5. The van der Waals surface area contributed by atoms with E-state index in [-0.39, 0.29) is 5.91 Å². The van der Waals surface area contributed by atoms with Gasteiger partial charge in [0.15, 0.2) is 0 Å². The van der Waals surface area contributed by atoms with Gasteiger partial charge in [0.2, 0.25) is 0 Å². The molecule has 5 rings (SSSR count). The zero-order valence-electron chi connectivity index (χ0n) is 19.6. The minimum atomic E-state index is 0.148. The first-order valence-electron chi connectivity index (χ1n) is 12.5. The minimum absolute atomic E-state index is 0.148. The third kappa shape index (κ3) is 5.13. The van der Waals surface area contributed by atoms with Gasteiger partial charge < -0.3 is 9.80 Å². The fraction of sp³-hybridized carbons (Fsp3) is 0.429. The molecule has 1 aliphatic carbocycles. The topological polar surface area (TPSA) is 52.2 Å². The summed E-state index contributed by atoms with van der Waals surface area (Å²) in [5.41, 5.74) is 6.12. The van der Waals surface area contributed by atoms with Crippen molar-refractivity contribution in [2.75, 3.05) is 31.1 Å². The average molecular weight is 443 g/mol. The number of aromatic nitrogens is 2. The molecule has 33 heavy (non-hydrogen) atoms. The van der Waals surface area contributed by atoms with Crippen LogP contribution in [-0.2, 0) is 0 Å². The summed E-state index contributed by atoms with van der Waals surface area (Å²) < 4.78 is 0. The van der Waals surface area contributed by atoms with Crippen LogP contribution in [0.25, 0.3) is 22.5 Å². The van der Waals surface area contributed by atoms with Crippen molar-refractivity contribution in [1.82, 2.24) is 15.1 Å². The quantitative estimate of drug-likeness (QED) is 0.466. The number of amides is 1. The van der Waals surface area contributed by atoms with Crippen molar-refractivity contribution in [2.24, 2.45) is 5.92 Å². The number of H-pyrrole nitrogens is 1. The van der Waals surface area contributed by atoms with Crippen molar-refractivity contribution < 1.29 is 4.79 Å². The van der Waals surface area contributed by atoms with Gasteiger partial charge in [-0.1, -0.05) is 31.2 Å². The Morgan fingerprint density at radius 1 is 1.00 bits per heavy atom. The summed E-state index contributed by atoms with van der Waals surface area (Å²) in [6, 6.07) is 18.8. The Balaban J connectivity index is 1.27. The van der Waals surface area contributed by atoms with Crippen LogP contribution in [0.4, 0.5) is 5.69 Å². The van der Waals surface area contributed by atoms with Gasteiger partial charge in [0.1, 0.15) is 0 Å². The maximum absolute atomic E-state index is 13.0. The molecule has 1 saturated carbocycles. The molecule has 0 bridgehead atoms. The summed E-state index contributed by atoms with van der Waals surface area (Å²) in [5, 5.41) is 7.71. The normalized spacial score (nSPS) is 16.1. The SMILES string of the molecule is CCCN(CC1CC1)C(=O)c1ccc(-c2cc(-c3ccc(N4CCCCC4)cc3)n[nH]2)cc1. The lowest BCUT2D eigenvalue weighted by Crippen LogP contribution is -2.33. The van der Waals surface area contributed by atoms with Gasteiger partial charge in [0.05, 0.1) is 11.4 Å². The Morgan fingerprint density at radius 2 is 1.70 bits per heavy atom. The number of nitrogens with zero attached hydrogens (tertiary/aromatic N) is 3. The zero-order valence-corrected chi connectivity index (χ0v) is 19.6. The first kappa shape index (κ1) is 21.7. The van der Waals surface area contributed by atoms with E-state index in [9.17, 15) is 4.79 Å². The van der Waals surface area contributed by atoms with Crippen LogP contribution in [0.1, 0.15) is 55.8 Å². The number of benzene rings is 2. The molecule has 2 aromatic carbocycles. The summed E-state index contributed by atoms with van der Waals surface area (Å²) in [6.07, 6.45) is 7.42. The predicted octanol–water partition coefficient (Wildman–Crippen LogP) is 6.00. The molecule has 3 aromatic rings. The number of carbonyl (C=O) groups is 1. The van der Waals surface area contributed by atoms with Gasteiger partial charge in [-0.05, 0) is 80.3 Å². The zero-order chi connectivity index (χ0) is 22.6. The molecule has 1 amide bonds. The fourth-order valence-corrected chi connectivity index (χ4v) is 4.75. The highest BCUT2D eigenvalue weighted by molar-refractivity contribution is 5.94. The number of carbonyl (C=O) groups excluding carboxylic acids is 1. The van der Waals surface area contributed by atoms with Crippen molar-refractivity contribution in [3.05, 3.63) is 60.2 Å². The van der Waals surface area contributed by atoms with Crippen molar-refractivity contribution in [1.29, 1.82) is 0 Å². The smallest absolute Gasteiger partial charge is 0.253 e. The molecule has 5 heteroatoms. The predicted molar refractivity (Wildman–Crippen MR) is 134 cm³/mol. The Bertz CT molecular complexity index is 1060. The van der Waals surface area contributed by atoms with Gasteiger partial charge in [-0.25, -0.2) is 0 Å². The first-order chi connectivity index (χ1) is 16.2. The van der Waals surface area contributed by atoms with Gasteiger partial charge >= 0.3 is 0 Å². The van der Waals surface area contributed by atoms with Gasteiger partial charge in [0, 0.05) is 43.0 Å². The Labute approximate surface area is 196 Å². The second-order valence-electron chi connectivity index (χ2n) is 9.53. The highest BCUT2D eigenvalue weighted by Gasteiger charge is 2.26. The maximum atomic E-state index is 13.0. The monoisotopic (exact) mass is 442 g/mol. The molecule has 2 fully saturated rings. The lowest BCUT2D eigenvalue weighted by molar-refractivity contribution is 0.0747. The third-order valence-corrected chi connectivity index (χ3v) is 6.86. The van der Waals surface area contributed by atoms with Crippen LogP contribution in [0.2, 0.25) is 0 Å². The van der Waals surface area contributed by atoms with E-state index >= 15 is 0 Å². The van der Waals surface area contributed by atoms with Crippen molar-refractivity contribution in [3.8, 4) is 22.5 Å². The standard InChI is InChI=1S/C28H34N4O/c1-2-16-32(20-21-6-7-21)28(33)24-10-8-22(9-11-24)26-19-27(30-29-26)23-12-14-25(15-13-23)31-17-4-3-5-18-31/h8-15,19,21H,2-7,16-18,20H2,1H3,(H,29,30). The number of piperidine rings is 1. The van der Waals surface area contributed by atoms with Crippen LogP contribution in [-0.4, -0.2) is 47.2 Å². The minimum Gasteiger partial charge on any atom is -0.372 e. The van der Waals surface area contributed by atoms with Gasteiger partial charge in [-0.15, -0.1) is 0 Å². The molecule has 2 aliphatic rings. The number of anilines is 1. The molecule has 0 unspecified atom stereocenters. The van der Waals surface area contributed by atoms with E-state index in [1.54, 1.807) is 0 Å². The average Bonchev–Trinajstić information content (AvgIpc) is 3.56. The number of nitrogens with one attached hydrogen (secondary N) is 1. The first-order valence-corrected chi connectivity index (χ1v) is 12.5. The van der Waals surface area contributed by atoms with Crippen LogP contribution < -0.4 is 4.90 Å². The van der Waals surface area contributed by atoms with Crippen molar-refractivity contribution >= 4 is 11.6 Å². The maximum Gasteiger partial charge on any atom is 0.253 e. The van der Waals surface area contributed by atoms with E-state index in [2.05, 4.69) is 52.4 Å². The molecule has 1 aromatic heterocycles. The van der Waals surface area contributed by atoms with Crippen LogP contribution in [0.5, 0.6) is 0 Å². The summed E-state index contributed by atoms with van der Waals surface area (Å²) in [6.45, 7) is 6.17. The molecule has 0 radical (unpaired) electrons. The highest BCUT2D eigenvalue weighted by Crippen LogP contribution is 2.31. The Kier molecular flexibility index (Phi) is 6.47. The largest absolute Gasteiger partial charge is 0.372 e. The summed E-state index contributed by atoms with van der Waals surface area (Å²) in [7, 11) is 0. The highest BCUT2D eigenvalue weighted by atomic mass is 16.2. The van der Waals surface area contributed by atoms with Gasteiger partial charge in [-0.2, -0.15) is 5.10 Å². The molecule has 1 aliphatic heterocycles. The third-order valence-electron chi connectivity index (χ3n) is 6.86. The van der Waals surface area contributed by atoms with Crippen LogP contribution in [0.3, 0.4) is 0 Å². The number of rotatable bonds is 8. The number of hydrogen-bond donors (Lipinski definition) is 1. The Morgan fingerprint density at radius 3 is 2.36 bits per heavy atom. The van der Waals surface area contributed by atoms with Crippen LogP contribution in [0.15, 0.2) is 54.6 Å². The fourth-order valence-electron chi connectivity index (χ4n) is 4.75.